The number of aromatic nitrogens is 1. The van der Waals surface area contributed by atoms with Gasteiger partial charge >= 0.3 is 0 Å². The Kier molecular flexibility index (Phi) is 7.33. The van der Waals surface area contributed by atoms with Gasteiger partial charge in [-0.3, -0.25) is 14.8 Å². The number of rotatable bonds is 3. The van der Waals surface area contributed by atoms with E-state index in [1.54, 1.807) is 6.08 Å². The maximum absolute atomic E-state index is 13.0. The topological polar surface area (TPSA) is 45.6 Å². The number of nitrogens with zero attached hydrogens (tertiary/aromatic N) is 3. The Hall–Kier alpha value is -3.27. The quantitative estimate of drug-likeness (QED) is 0.441. The first-order valence-corrected chi connectivity index (χ1v) is 11.9. The summed E-state index contributed by atoms with van der Waals surface area (Å²) in [5.74, 6) is 0.0520. The fourth-order valence-electron chi connectivity index (χ4n) is 4.58. The highest BCUT2D eigenvalue weighted by Crippen LogP contribution is 2.39. The largest absolute Gasteiger partial charge is 0.335 e. The number of amides is 1. The van der Waals surface area contributed by atoms with Crippen LogP contribution in [0.3, 0.4) is 0 Å². The molecule has 0 spiro atoms. The highest BCUT2D eigenvalue weighted by Gasteiger charge is 2.27. The van der Waals surface area contributed by atoms with Gasteiger partial charge in [-0.1, -0.05) is 36.4 Å². The number of hydrogen-bond donors (Lipinski definition) is 0. The predicted molar refractivity (Wildman–Crippen MR) is 137 cm³/mol. The van der Waals surface area contributed by atoms with Crippen LogP contribution < -0.4 is 0 Å². The van der Waals surface area contributed by atoms with Crippen molar-refractivity contribution in [2.45, 2.75) is 46.0 Å². The first-order valence-electron chi connectivity index (χ1n) is 11.9. The molecule has 33 heavy (non-hydrogen) atoms. The number of allylic oxidation sites excluding steroid dienone is 8. The molecule has 4 nitrogen and oxygen atoms in total. The molecule has 1 aromatic rings. The van der Waals surface area contributed by atoms with Crippen molar-refractivity contribution >= 4 is 17.7 Å². The van der Waals surface area contributed by atoms with Gasteiger partial charge in [0.1, 0.15) is 0 Å². The van der Waals surface area contributed by atoms with Gasteiger partial charge in [0.2, 0.25) is 5.91 Å². The standard InChI is InChI=1S/C29H33N3O/c1-21(2)10-14-26-22(3)11-13-24-8-5-17-31-29(24)28(26)25-9-6-18-32(20-25)27(33)15-12-23-7-4-16-30-19-23/h5,7-8,10,12,14-15,17,19H,3-4,6,9,11,13,16,18,20H2,1-2H3/b15-12+,26-14+,28-25+. The van der Waals surface area contributed by atoms with E-state index < -0.39 is 0 Å². The first-order chi connectivity index (χ1) is 16.0. The lowest BCUT2D eigenvalue weighted by Crippen LogP contribution is -2.36. The maximum atomic E-state index is 13.0. The summed E-state index contributed by atoms with van der Waals surface area (Å²) in [7, 11) is 0. The highest BCUT2D eigenvalue weighted by molar-refractivity contribution is 5.92. The molecule has 0 bridgehead atoms. The highest BCUT2D eigenvalue weighted by atomic mass is 16.2. The molecule has 1 aliphatic carbocycles. The van der Waals surface area contributed by atoms with Crippen molar-refractivity contribution in [1.29, 1.82) is 0 Å². The van der Waals surface area contributed by atoms with E-state index in [2.05, 4.69) is 49.7 Å². The second kappa shape index (κ2) is 10.6. The minimum atomic E-state index is 0.0520. The van der Waals surface area contributed by atoms with Crippen LogP contribution in [0.15, 0.2) is 88.1 Å². The number of piperidine rings is 1. The molecular formula is C29H33N3O. The fourth-order valence-corrected chi connectivity index (χ4v) is 4.58. The number of hydrogen-bond acceptors (Lipinski definition) is 3. The smallest absolute Gasteiger partial charge is 0.246 e. The molecule has 0 unspecified atom stereocenters. The van der Waals surface area contributed by atoms with E-state index in [0.29, 0.717) is 6.54 Å². The Morgan fingerprint density at radius 2 is 2.09 bits per heavy atom. The summed E-state index contributed by atoms with van der Waals surface area (Å²) in [4.78, 5) is 24.1. The molecule has 0 N–H and O–H groups in total. The van der Waals surface area contributed by atoms with Crippen molar-refractivity contribution in [2.24, 2.45) is 4.99 Å². The number of aliphatic imine (C=N–C) groups is 1. The number of pyridine rings is 1. The number of aryl methyl sites for hydroxylation is 1. The molecule has 3 heterocycles. The summed E-state index contributed by atoms with van der Waals surface area (Å²) >= 11 is 0. The van der Waals surface area contributed by atoms with Crippen LogP contribution in [0.25, 0.3) is 5.57 Å². The van der Waals surface area contributed by atoms with Crippen LogP contribution in [0, 0.1) is 0 Å². The Bertz CT molecular complexity index is 1120. The van der Waals surface area contributed by atoms with Crippen LogP contribution in [-0.4, -0.2) is 41.6 Å². The summed E-state index contributed by atoms with van der Waals surface area (Å²) in [5.41, 5.74) is 9.32. The van der Waals surface area contributed by atoms with Crippen LogP contribution in [0.1, 0.15) is 50.8 Å². The molecule has 1 aromatic heterocycles. The van der Waals surface area contributed by atoms with Gasteiger partial charge in [-0.05, 0) is 85.9 Å². The van der Waals surface area contributed by atoms with Gasteiger partial charge in [0.05, 0.1) is 5.69 Å². The average molecular weight is 440 g/mol. The molecular weight excluding hydrogens is 406 g/mol. The zero-order chi connectivity index (χ0) is 23.2. The van der Waals surface area contributed by atoms with Gasteiger partial charge in [0.25, 0.3) is 0 Å². The molecule has 1 saturated heterocycles. The third-order valence-electron chi connectivity index (χ3n) is 6.31. The molecule has 3 aliphatic rings. The summed E-state index contributed by atoms with van der Waals surface area (Å²) in [6.07, 6.45) is 18.5. The number of carbonyl (C=O) groups excluding carboxylic acids is 1. The van der Waals surface area contributed by atoms with Crippen LogP contribution in [0.5, 0.6) is 0 Å². The van der Waals surface area contributed by atoms with E-state index in [1.165, 1.54) is 22.3 Å². The Balaban J connectivity index is 1.71. The summed E-state index contributed by atoms with van der Waals surface area (Å²) in [6.45, 7) is 10.9. The van der Waals surface area contributed by atoms with E-state index in [-0.39, 0.29) is 5.91 Å². The molecule has 4 heteroatoms. The van der Waals surface area contributed by atoms with Crippen molar-refractivity contribution in [2.75, 3.05) is 19.6 Å². The van der Waals surface area contributed by atoms with Gasteiger partial charge in [-0.2, -0.15) is 0 Å². The second-order valence-corrected chi connectivity index (χ2v) is 9.14. The number of dihydropyridines is 1. The molecule has 1 fully saturated rings. The molecule has 0 aromatic carbocycles. The van der Waals surface area contributed by atoms with E-state index in [4.69, 9.17) is 4.98 Å². The maximum Gasteiger partial charge on any atom is 0.246 e. The zero-order valence-electron chi connectivity index (χ0n) is 19.8. The van der Waals surface area contributed by atoms with Gasteiger partial charge < -0.3 is 4.90 Å². The monoisotopic (exact) mass is 439 g/mol. The van der Waals surface area contributed by atoms with Gasteiger partial charge in [0, 0.05) is 43.7 Å². The predicted octanol–water partition coefficient (Wildman–Crippen LogP) is 5.81. The van der Waals surface area contributed by atoms with Crippen LogP contribution >= 0.6 is 0 Å². The summed E-state index contributed by atoms with van der Waals surface area (Å²) in [6, 6.07) is 4.19. The molecule has 0 saturated carbocycles. The van der Waals surface area contributed by atoms with Crippen LogP contribution in [0.2, 0.25) is 0 Å². The van der Waals surface area contributed by atoms with Crippen molar-refractivity contribution in [1.82, 2.24) is 9.88 Å². The lowest BCUT2D eigenvalue weighted by Gasteiger charge is -2.30. The minimum absolute atomic E-state index is 0.0520. The van der Waals surface area contributed by atoms with Gasteiger partial charge in [-0.25, -0.2) is 0 Å². The van der Waals surface area contributed by atoms with Crippen LogP contribution in [-0.2, 0) is 11.2 Å². The minimum Gasteiger partial charge on any atom is -0.335 e. The van der Waals surface area contributed by atoms with E-state index in [9.17, 15) is 4.79 Å². The lowest BCUT2D eigenvalue weighted by molar-refractivity contribution is -0.126. The van der Waals surface area contributed by atoms with Crippen LogP contribution in [0.4, 0.5) is 0 Å². The van der Waals surface area contributed by atoms with E-state index in [1.807, 2.05) is 29.5 Å². The summed E-state index contributed by atoms with van der Waals surface area (Å²) in [5, 5.41) is 0. The Labute approximate surface area is 197 Å². The van der Waals surface area contributed by atoms with Crippen molar-refractivity contribution in [3.05, 3.63) is 94.4 Å². The molecule has 0 radical (unpaired) electrons. The van der Waals surface area contributed by atoms with Crippen molar-refractivity contribution in [3.63, 3.8) is 0 Å². The third kappa shape index (κ3) is 5.57. The number of carbonyl (C=O) groups is 1. The van der Waals surface area contributed by atoms with E-state index >= 15 is 0 Å². The fraction of sp³-hybridized carbons (Fsp3) is 0.345. The Morgan fingerprint density at radius 3 is 2.88 bits per heavy atom. The average Bonchev–Trinajstić information content (AvgIpc) is 2.98. The number of likely N-dealkylation sites (tertiary alicyclic amines) is 1. The van der Waals surface area contributed by atoms with Gasteiger partial charge in [-0.15, -0.1) is 0 Å². The number of fused-ring (bicyclic) bond motifs is 1. The molecule has 2 aliphatic heterocycles. The first kappa shape index (κ1) is 22.9. The third-order valence-corrected chi connectivity index (χ3v) is 6.31. The van der Waals surface area contributed by atoms with E-state index in [0.717, 1.165) is 67.6 Å². The van der Waals surface area contributed by atoms with Crippen molar-refractivity contribution in [3.8, 4) is 0 Å². The molecule has 1 amide bonds. The lowest BCUT2D eigenvalue weighted by atomic mass is 9.88. The van der Waals surface area contributed by atoms with Gasteiger partial charge in [0.15, 0.2) is 0 Å². The second-order valence-electron chi connectivity index (χ2n) is 9.14. The Morgan fingerprint density at radius 1 is 1.21 bits per heavy atom. The normalized spacial score (nSPS) is 22.2. The molecule has 0 atom stereocenters. The SMILES string of the molecule is C=C1CCc2cccnc2C(=C2\CCCN(C(=O)/C=C/C3=CCCN=C3)C2)/C1=C/C=C(C)C. The zero-order valence-corrected chi connectivity index (χ0v) is 19.8. The molecule has 170 valence electrons. The van der Waals surface area contributed by atoms with Crippen molar-refractivity contribution < 1.29 is 4.79 Å². The summed E-state index contributed by atoms with van der Waals surface area (Å²) < 4.78 is 0. The molecule has 4 rings (SSSR count).